The van der Waals surface area contributed by atoms with E-state index in [0.29, 0.717) is 5.56 Å². The first-order chi connectivity index (χ1) is 15.2. The molecule has 0 saturated heterocycles. The van der Waals surface area contributed by atoms with Gasteiger partial charge in [0.2, 0.25) is 15.9 Å². The van der Waals surface area contributed by atoms with Crippen LogP contribution in [0.4, 0.5) is 0 Å². The van der Waals surface area contributed by atoms with Crippen molar-refractivity contribution in [1.82, 2.24) is 14.9 Å². The molecule has 8 nitrogen and oxygen atoms in total. The van der Waals surface area contributed by atoms with Gasteiger partial charge in [-0.05, 0) is 61.1 Å². The summed E-state index contributed by atoms with van der Waals surface area (Å²) in [6.07, 6.45) is 1.99. The van der Waals surface area contributed by atoms with Crippen LogP contribution in [0, 0.1) is 0 Å². The van der Waals surface area contributed by atoms with E-state index in [2.05, 4.69) is 21.0 Å². The Bertz CT molecular complexity index is 1300. The molecule has 1 aromatic heterocycles. The van der Waals surface area contributed by atoms with Gasteiger partial charge in [0.15, 0.2) is 0 Å². The number of aromatic amines is 1. The van der Waals surface area contributed by atoms with Gasteiger partial charge in [-0.1, -0.05) is 36.7 Å². The average molecular weight is 478 g/mol. The average Bonchev–Trinajstić information content (AvgIpc) is 3.40. The number of aliphatic hydroxyl groups is 1. The number of hydrogen-bond acceptors (Lipinski definition) is 6. The van der Waals surface area contributed by atoms with Crippen LogP contribution in [-0.4, -0.2) is 23.7 Å². The van der Waals surface area contributed by atoms with E-state index in [-0.39, 0.29) is 21.7 Å². The number of nitrogens with zero attached hydrogens (tertiary/aromatic N) is 1. The van der Waals surface area contributed by atoms with Crippen molar-refractivity contribution in [3.8, 4) is 0 Å². The molecule has 0 aliphatic heterocycles. The van der Waals surface area contributed by atoms with Crippen molar-refractivity contribution < 1.29 is 17.9 Å². The fourth-order valence-electron chi connectivity index (χ4n) is 4.24. The van der Waals surface area contributed by atoms with Crippen LogP contribution in [0.15, 0.2) is 50.5 Å². The molecule has 3 atom stereocenters. The van der Waals surface area contributed by atoms with Gasteiger partial charge in [-0.25, -0.2) is 18.3 Å². The predicted octanol–water partition coefficient (Wildman–Crippen LogP) is 3.38. The fraction of sp³-hybridized carbons (Fsp3) is 0.364. The lowest BCUT2D eigenvalue weighted by atomic mass is 9.88. The maximum absolute atomic E-state index is 13.3. The van der Waals surface area contributed by atoms with Crippen molar-refractivity contribution in [3.63, 3.8) is 0 Å². The minimum absolute atomic E-state index is 0.0496. The summed E-state index contributed by atoms with van der Waals surface area (Å²) in [6.45, 7) is 3.38. The van der Waals surface area contributed by atoms with Crippen LogP contribution < -0.4 is 10.5 Å². The molecule has 1 aliphatic rings. The summed E-state index contributed by atoms with van der Waals surface area (Å²) in [5.74, 6) is -1.18. The molecular weight excluding hydrogens is 454 g/mol. The number of aromatic nitrogens is 2. The molecule has 0 amide bonds. The van der Waals surface area contributed by atoms with E-state index in [1.165, 1.54) is 36.2 Å². The number of aliphatic hydroxyl groups excluding tert-OH is 1. The van der Waals surface area contributed by atoms with E-state index >= 15 is 0 Å². The zero-order chi connectivity index (χ0) is 23.0. The minimum Gasteiger partial charge on any atom is -0.391 e. The number of fused-ring (bicyclic) bond motifs is 1. The lowest BCUT2D eigenvalue weighted by Crippen LogP contribution is -2.32. The molecule has 1 heterocycles. The van der Waals surface area contributed by atoms with Gasteiger partial charge in [-0.3, -0.25) is 0 Å². The third-order valence-corrected chi connectivity index (χ3v) is 7.69. The lowest BCUT2D eigenvalue weighted by Gasteiger charge is -2.24. The molecule has 170 valence electrons. The topological polar surface area (TPSA) is 125 Å². The number of rotatable bonds is 7. The summed E-state index contributed by atoms with van der Waals surface area (Å²) < 4.78 is 34.4. The molecule has 1 unspecified atom stereocenters. The molecule has 3 aromatic rings. The SMILES string of the molecule is CC(O)c1cc(S(=O)(=O)N[C@H](c2n[nH]c(=O)o2)[C@H](C)c2cccc3c2CCC3)ccc1Cl. The molecule has 10 heteroatoms. The van der Waals surface area contributed by atoms with Crippen LogP contribution in [0.1, 0.15) is 66.5 Å². The van der Waals surface area contributed by atoms with E-state index < -0.39 is 27.9 Å². The highest BCUT2D eigenvalue weighted by atomic mass is 35.5. The van der Waals surface area contributed by atoms with E-state index in [9.17, 15) is 18.3 Å². The number of halogens is 1. The molecule has 1 aliphatic carbocycles. The fourth-order valence-corrected chi connectivity index (χ4v) is 5.82. The van der Waals surface area contributed by atoms with Crippen LogP contribution in [0.2, 0.25) is 5.02 Å². The summed E-state index contributed by atoms with van der Waals surface area (Å²) >= 11 is 6.09. The maximum Gasteiger partial charge on any atom is 0.434 e. The highest BCUT2D eigenvalue weighted by molar-refractivity contribution is 7.89. The summed E-state index contributed by atoms with van der Waals surface area (Å²) in [4.78, 5) is 11.6. The number of aryl methyl sites for hydroxylation is 1. The highest BCUT2D eigenvalue weighted by Gasteiger charge is 2.33. The molecular formula is C22H24ClN3O5S. The lowest BCUT2D eigenvalue weighted by molar-refractivity contribution is 0.199. The smallest absolute Gasteiger partial charge is 0.391 e. The zero-order valence-electron chi connectivity index (χ0n) is 17.6. The van der Waals surface area contributed by atoms with Gasteiger partial charge >= 0.3 is 5.76 Å². The van der Waals surface area contributed by atoms with Crippen molar-refractivity contribution >= 4 is 21.6 Å². The summed E-state index contributed by atoms with van der Waals surface area (Å²) in [7, 11) is -4.07. The standard InChI is InChI=1S/C22H24ClN3O5S/c1-12(16-7-3-5-14-6-4-8-17(14)16)20(21-24-25-22(28)31-21)26-32(29,30)15-9-10-19(23)18(11-15)13(2)27/h3,5,7,9-13,20,26-27H,4,6,8H2,1-2H3,(H,25,28)/t12-,13?,20+/m1/s1. The number of sulfonamides is 1. The predicted molar refractivity (Wildman–Crippen MR) is 119 cm³/mol. The molecule has 0 fully saturated rings. The molecule has 4 rings (SSSR count). The first-order valence-corrected chi connectivity index (χ1v) is 12.2. The number of benzene rings is 2. The van der Waals surface area contributed by atoms with Gasteiger partial charge in [0.1, 0.15) is 6.04 Å². The monoisotopic (exact) mass is 477 g/mol. The molecule has 0 bridgehead atoms. The Morgan fingerprint density at radius 3 is 2.66 bits per heavy atom. The first kappa shape index (κ1) is 22.7. The number of H-pyrrole nitrogens is 1. The van der Waals surface area contributed by atoms with Gasteiger partial charge in [-0.15, -0.1) is 5.10 Å². The van der Waals surface area contributed by atoms with Gasteiger partial charge in [-0.2, -0.15) is 4.72 Å². The Balaban J connectivity index is 1.75. The Hall–Kier alpha value is -2.46. The van der Waals surface area contributed by atoms with Gasteiger partial charge in [0, 0.05) is 16.5 Å². The van der Waals surface area contributed by atoms with E-state index in [1.54, 1.807) is 0 Å². The van der Waals surface area contributed by atoms with Crippen LogP contribution in [0.3, 0.4) is 0 Å². The summed E-state index contributed by atoms with van der Waals surface area (Å²) in [5, 5.41) is 16.3. The first-order valence-electron chi connectivity index (χ1n) is 10.3. The number of nitrogens with one attached hydrogen (secondary N) is 2. The molecule has 0 spiro atoms. The van der Waals surface area contributed by atoms with Crippen molar-refractivity contribution in [2.45, 2.75) is 56.1 Å². The minimum atomic E-state index is -4.07. The normalized spacial score (nSPS) is 16.5. The van der Waals surface area contributed by atoms with Gasteiger partial charge in [0.05, 0.1) is 11.0 Å². The van der Waals surface area contributed by atoms with Crippen LogP contribution in [0.25, 0.3) is 0 Å². The highest BCUT2D eigenvalue weighted by Crippen LogP contribution is 2.37. The second-order valence-corrected chi connectivity index (χ2v) is 10.2. The molecule has 2 aromatic carbocycles. The van der Waals surface area contributed by atoms with Gasteiger partial charge in [0.25, 0.3) is 0 Å². The summed E-state index contributed by atoms with van der Waals surface area (Å²) in [6, 6.07) is 9.19. The van der Waals surface area contributed by atoms with E-state index in [4.69, 9.17) is 16.0 Å². The van der Waals surface area contributed by atoms with Crippen molar-refractivity contribution in [2.75, 3.05) is 0 Å². The van der Waals surface area contributed by atoms with E-state index in [0.717, 1.165) is 24.8 Å². The third-order valence-electron chi connectivity index (χ3n) is 5.90. The Morgan fingerprint density at radius 2 is 1.97 bits per heavy atom. The van der Waals surface area contributed by atoms with E-state index in [1.807, 2.05) is 19.1 Å². The van der Waals surface area contributed by atoms with Crippen molar-refractivity contribution in [1.29, 1.82) is 0 Å². The molecule has 32 heavy (non-hydrogen) atoms. The number of hydrogen-bond donors (Lipinski definition) is 3. The largest absolute Gasteiger partial charge is 0.434 e. The van der Waals surface area contributed by atoms with Crippen LogP contribution in [-0.2, 0) is 22.9 Å². The Labute approximate surface area is 190 Å². The Kier molecular flexibility index (Phi) is 6.26. The second kappa shape index (κ2) is 8.82. The quantitative estimate of drug-likeness (QED) is 0.479. The molecule has 3 N–H and O–H groups in total. The van der Waals surface area contributed by atoms with Crippen molar-refractivity contribution in [3.05, 3.63) is 80.1 Å². The van der Waals surface area contributed by atoms with Crippen LogP contribution in [0.5, 0.6) is 0 Å². The van der Waals surface area contributed by atoms with Crippen LogP contribution >= 0.6 is 11.6 Å². The maximum atomic E-state index is 13.3. The van der Waals surface area contributed by atoms with Gasteiger partial charge < -0.3 is 9.52 Å². The molecule has 0 radical (unpaired) electrons. The third kappa shape index (κ3) is 4.38. The zero-order valence-corrected chi connectivity index (χ0v) is 19.2. The van der Waals surface area contributed by atoms with Crippen molar-refractivity contribution in [2.24, 2.45) is 0 Å². The second-order valence-electron chi connectivity index (χ2n) is 8.04. The molecule has 0 saturated carbocycles. The Morgan fingerprint density at radius 1 is 1.19 bits per heavy atom. The summed E-state index contributed by atoms with van der Waals surface area (Å²) in [5.41, 5.74) is 3.73.